The number of fused-ring (bicyclic) bond motifs is 1. The van der Waals surface area contributed by atoms with Gasteiger partial charge in [-0.3, -0.25) is 4.90 Å². The first-order chi connectivity index (χ1) is 14.7. The molecule has 0 aliphatic carbocycles. The summed E-state index contributed by atoms with van der Waals surface area (Å²) < 4.78 is 0. The minimum Gasteiger partial charge on any atom is -0.332 e. The van der Waals surface area contributed by atoms with E-state index in [1.54, 1.807) is 0 Å². The van der Waals surface area contributed by atoms with Crippen LogP contribution in [0.2, 0.25) is 0 Å². The van der Waals surface area contributed by atoms with Gasteiger partial charge in [0.15, 0.2) is 10.2 Å². The van der Waals surface area contributed by atoms with Crippen LogP contribution in [0.15, 0.2) is 84.9 Å². The zero-order valence-electron chi connectivity index (χ0n) is 16.5. The number of para-hydroxylation sites is 2. The quantitative estimate of drug-likeness (QED) is 0.506. The van der Waals surface area contributed by atoms with Crippen LogP contribution in [0.4, 0.5) is 11.4 Å². The summed E-state index contributed by atoms with van der Waals surface area (Å²) >= 11 is 11.6. The van der Waals surface area contributed by atoms with Crippen LogP contribution in [-0.4, -0.2) is 28.2 Å². The number of nitrogens with zero attached hydrogens (tertiary/aromatic N) is 1. The molecule has 0 radical (unpaired) electrons. The fourth-order valence-electron chi connectivity index (χ4n) is 3.62. The Balaban J connectivity index is 1.57. The molecule has 1 aliphatic rings. The topological polar surface area (TPSA) is 39.3 Å². The molecule has 0 amide bonds. The fraction of sp³-hybridized carbons (Fsp3) is 0.167. The summed E-state index contributed by atoms with van der Waals surface area (Å²) in [7, 11) is 0. The van der Waals surface area contributed by atoms with Crippen molar-refractivity contribution in [3.05, 3.63) is 96.1 Å². The number of rotatable bonds is 4. The molecular weight excluding hydrogens is 408 g/mol. The molecule has 0 bridgehead atoms. The molecule has 4 nitrogen and oxygen atoms in total. The normalized spacial score (nSPS) is 15.0. The maximum Gasteiger partial charge on any atom is 0.179 e. The fourth-order valence-corrected chi connectivity index (χ4v) is 4.25. The highest BCUT2D eigenvalue weighted by molar-refractivity contribution is 7.82. The van der Waals surface area contributed by atoms with Crippen molar-refractivity contribution in [2.45, 2.75) is 12.5 Å². The first-order valence-corrected chi connectivity index (χ1v) is 10.8. The van der Waals surface area contributed by atoms with Gasteiger partial charge in [-0.25, -0.2) is 0 Å². The molecule has 0 aromatic heterocycles. The number of benzene rings is 3. The lowest BCUT2D eigenvalue weighted by Crippen LogP contribution is -2.47. The predicted octanol–water partition coefficient (Wildman–Crippen LogP) is 4.97. The maximum atomic E-state index is 5.78. The third-order valence-corrected chi connectivity index (χ3v) is 5.77. The summed E-state index contributed by atoms with van der Waals surface area (Å²) in [4.78, 5) is 1.96. The average Bonchev–Trinajstić information content (AvgIpc) is 2.78. The smallest absolute Gasteiger partial charge is 0.179 e. The van der Waals surface area contributed by atoms with E-state index in [2.05, 4.69) is 40.2 Å². The number of hydrogen-bond acceptors (Lipinski definition) is 3. The molecule has 3 aromatic carbocycles. The zero-order valence-corrected chi connectivity index (χ0v) is 18.2. The van der Waals surface area contributed by atoms with E-state index in [9.17, 15) is 0 Å². The Morgan fingerprint density at radius 3 is 1.93 bits per heavy atom. The minimum atomic E-state index is 0.140. The summed E-state index contributed by atoms with van der Waals surface area (Å²) in [6, 6.07) is 28.6. The third kappa shape index (κ3) is 5.02. The van der Waals surface area contributed by atoms with E-state index >= 15 is 0 Å². The second-order valence-electron chi connectivity index (χ2n) is 7.16. The maximum absolute atomic E-state index is 5.78. The molecule has 0 spiro atoms. The molecule has 1 atom stereocenters. The van der Waals surface area contributed by atoms with E-state index in [-0.39, 0.29) is 6.04 Å². The van der Waals surface area contributed by atoms with Crippen LogP contribution in [0.25, 0.3) is 0 Å². The molecule has 3 N–H and O–H groups in total. The summed E-state index contributed by atoms with van der Waals surface area (Å²) in [5.41, 5.74) is 4.56. The molecule has 0 saturated heterocycles. The Hall–Kier alpha value is -2.80. The second kappa shape index (κ2) is 9.80. The average molecular weight is 433 g/mol. The van der Waals surface area contributed by atoms with Gasteiger partial charge in [-0.05, 0) is 72.8 Å². The van der Waals surface area contributed by atoms with Crippen molar-refractivity contribution in [2.75, 3.05) is 23.7 Å². The van der Waals surface area contributed by atoms with Crippen LogP contribution < -0.4 is 16.0 Å². The molecule has 1 heterocycles. The highest BCUT2D eigenvalue weighted by Crippen LogP contribution is 2.24. The van der Waals surface area contributed by atoms with Gasteiger partial charge < -0.3 is 16.0 Å². The van der Waals surface area contributed by atoms with Gasteiger partial charge >= 0.3 is 0 Å². The van der Waals surface area contributed by atoms with Crippen LogP contribution >= 0.6 is 24.4 Å². The molecule has 0 unspecified atom stereocenters. The molecule has 4 rings (SSSR count). The van der Waals surface area contributed by atoms with Gasteiger partial charge in [0.1, 0.15) is 0 Å². The standard InChI is InChI=1S/C24H24N4S2/c29-23(26-19-10-3-1-4-11-19)28(24(30)27-20-12-5-2-6-13-20)17-22-21-14-8-7-9-18(21)15-16-25-22/h1-14,22,25H,15-17H2,(H,26,29)(H,27,30)/t22-/m1/s1. The van der Waals surface area contributed by atoms with Crippen molar-refractivity contribution in [1.82, 2.24) is 10.2 Å². The molecule has 0 fully saturated rings. The highest BCUT2D eigenvalue weighted by Gasteiger charge is 2.25. The lowest BCUT2D eigenvalue weighted by Gasteiger charge is -2.34. The summed E-state index contributed by atoms with van der Waals surface area (Å²) in [6.07, 6.45) is 1.03. The summed E-state index contributed by atoms with van der Waals surface area (Å²) in [5, 5.41) is 11.4. The van der Waals surface area contributed by atoms with Gasteiger partial charge in [0, 0.05) is 17.9 Å². The Bertz CT molecular complexity index is 954. The predicted molar refractivity (Wildman–Crippen MR) is 133 cm³/mol. The molecule has 152 valence electrons. The monoisotopic (exact) mass is 432 g/mol. The van der Waals surface area contributed by atoms with Crippen molar-refractivity contribution in [3.8, 4) is 0 Å². The van der Waals surface area contributed by atoms with Crippen molar-refractivity contribution in [1.29, 1.82) is 0 Å². The van der Waals surface area contributed by atoms with Gasteiger partial charge in [-0.2, -0.15) is 0 Å². The van der Waals surface area contributed by atoms with Gasteiger partial charge in [0.05, 0.1) is 6.04 Å². The molecule has 6 heteroatoms. The Morgan fingerprint density at radius 1 is 0.800 bits per heavy atom. The van der Waals surface area contributed by atoms with Gasteiger partial charge in [0.2, 0.25) is 0 Å². The Kier molecular flexibility index (Phi) is 6.69. The number of anilines is 2. The van der Waals surface area contributed by atoms with E-state index in [0.717, 1.165) is 24.3 Å². The lowest BCUT2D eigenvalue weighted by molar-refractivity contribution is 0.435. The van der Waals surface area contributed by atoms with Crippen molar-refractivity contribution < 1.29 is 0 Å². The number of nitrogens with one attached hydrogen (secondary N) is 3. The Morgan fingerprint density at radius 2 is 1.33 bits per heavy atom. The second-order valence-corrected chi connectivity index (χ2v) is 7.93. The van der Waals surface area contributed by atoms with E-state index in [1.807, 2.05) is 65.6 Å². The van der Waals surface area contributed by atoms with Crippen molar-refractivity contribution in [2.24, 2.45) is 0 Å². The molecule has 0 saturated carbocycles. The molecule has 3 aromatic rings. The van der Waals surface area contributed by atoms with Crippen LogP contribution in [0.5, 0.6) is 0 Å². The van der Waals surface area contributed by atoms with Gasteiger partial charge in [0.25, 0.3) is 0 Å². The summed E-state index contributed by atoms with van der Waals surface area (Å²) in [6.45, 7) is 1.57. The summed E-state index contributed by atoms with van der Waals surface area (Å²) in [5.74, 6) is 0. The highest BCUT2D eigenvalue weighted by atomic mass is 32.1. The minimum absolute atomic E-state index is 0.140. The SMILES string of the molecule is S=C(Nc1ccccc1)N(C[C@H]1NCCc2ccccc21)C(=S)Nc1ccccc1. The third-order valence-electron chi connectivity index (χ3n) is 5.12. The van der Waals surface area contributed by atoms with Crippen LogP contribution in [0.3, 0.4) is 0 Å². The van der Waals surface area contributed by atoms with E-state index in [0.29, 0.717) is 16.8 Å². The lowest BCUT2D eigenvalue weighted by atomic mass is 9.94. The van der Waals surface area contributed by atoms with Crippen molar-refractivity contribution in [3.63, 3.8) is 0 Å². The number of thiocarbonyl (C=S) groups is 2. The largest absolute Gasteiger partial charge is 0.332 e. The Labute approximate surface area is 188 Å². The van der Waals surface area contributed by atoms with Crippen LogP contribution in [0.1, 0.15) is 17.2 Å². The first-order valence-electron chi connectivity index (χ1n) is 10.0. The zero-order chi connectivity index (χ0) is 20.8. The van der Waals surface area contributed by atoms with E-state index in [1.165, 1.54) is 11.1 Å². The van der Waals surface area contributed by atoms with Gasteiger partial charge in [-0.15, -0.1) is 0 Å². The van der Waals surface area contributed by atoms with Crippen LogP contribution in [0, 0.1) is 0 Å². The van der Waals surface area contributed by atoms with E-state index in [4.69, 9.17) is 24.4 Å². The first kappa shape index (κ1) is 20.5. The molecule has 1 aliphatic heterocycles. The number of hydrogen-bond donors (Lipinski definition) is 3. The molecular formula is C24H24N4S2. The van der Waals surface area contributed by atoms with Crippen molar-refractivity contribution >= 4 is 46.0 Å². The van der Waals surface area contributed by atoms with Gasteiger partial charge in [-0.1, -0.05) is 60.7 Å². The van der Waals surface area contributed by atoms with E-state index < -0.39 is 0 Å². The molecule has 30 heavy (non-hydrogen) atoms. The van der Waals surface area contributed by atoms with Crippen LogP contribution in [-0.2, 0) is 6.42 Å².